The van der Waals surface area contributed by atoms with Crippen molar-refractivity contribution in [2.45, 2.75) is 20.0 Å². The van der Waals surface area contributed by atoms with Gasteiger partial charge in [-0.25, -0.2) is 9.13 Å². The van der Waals surface area contributed by atoms with E-state index in [9.17, 15) is 0 Å². The number of hydrogen-bond donors (Lipinski definition) is 2. The van der Waals surface area contributed by atoms with Crippen molar-refractivity contribution < 1.29 is 27.2 Å². The summed E-state index contributed by atoms with van der Waals surface area (Å²) in [5, 5.41) is 17.7. The molecule has 0 amide bonds. The van der Waals surface area contributed by atoms with Crippen LogP contribution in [0, 0.1) is 11.7 Å². The summed E-state index contributed by atoms with van der Waals surface area (Å²) in [7, 11) is 0. The van der Waals surface area contributed by atoms with Crippen molar-refractivity contribution in [1.82, 2.24) is 4.57 Å². The van der Waals surface area contributed by atoms with Gasteiger partial charge in [-0.15, -0.1) is 0 Å². The van der Waals surface area contributed by atoms with Crippen LogP contribution < -0.4 is 17.0 Å². The highest BCUT2D eigenvalue weighted by Crippen LogP contribution is 1.93. The van der Waals surface area contributed by atoms with Gasteiger partial charge in [0.25, 0.3) is 0 Å². The molecule has 0 spiro atoms. The molecule has 0 atom stereocenters. The van der Waals surface area contributed by atoms with Crippen LogP contribution in [-0.4, -0.2) is 28.0 Å². The number of rotatable bonds is 4. The molecule has 4 nitrogen and oxygen atoms in total. The average molecular weight is 251 g/mol. The summed E-state index contributed by atoms with van der Waals surface area (Å²) in [4.78, 5) is 0. The molecule has 0 aliphatic carbocycles. The number of nitrogens with zero attached hydrogens (tertiary/aromatic N) is 2. The molecule has 1 aromatic rings. The van der Waals surface area contributed by atoms with Crippen LogP contribution in [0.4, 0.5) is 0 Å². The minimum atomic E-state index is 0. The Bertz CT molecular complexity index is 368. The Morgan fingerprint density at radius 1 is 1.40 bits per heavy atom. The Labute approximate surface area is 100 Å². The van der Waals surface area contributed by atoms with E-state index in [-0.39, 0.29) is 25.6 Å². The highest BCUT2D eigenvalue weighted by Gasteiger charge is 2.08. The van der Waals surface area contributed by atoms with Gasteiger partial charge in [0.1, 0.15) is 18.8 Å². The second-order valence-electron chi connectivity index (χ2n) is 3.03. The number of hydrogen-bond acceptors (Lipinski definition) is 3. The standard InChI is InChI=1S/C9H15N2O2S.ClH/c1-8-2-3-10(4-6-12)9(14)11(8)5-7-13;/h2-3,12-13H,4-7H2,1H3;1H/q+1;/p-1. The lowest BCUT2D eigenvalue weighted by molar-refractivity contribution is -0.714. The first-order valence-electron chi connectivity index (χ1n) is 4.52. The van der Waals surface area contributed by atoms with Crippen LogP contribution in [-0.2, 0) is 13.1 Å². The number of aliphatic hydroxyl groups excluding tert-OH is 2. The number of aliphatic hydroxyl groups is 2. The lowest BCUT2D eigenvalue weighted by Gasteiger charge is -2.05. The molecule has 0 aliphatic rings. The van der Waals surface area contributed by atoms with Crippen molar-refractivity contribution in [2.24, 2.45) is 0 Å². The van der Waals surface area contributed by atoms with E-state index in [1.165, 1.54) is 0 Å². The second-order valence-corrected chi connectivity index (χ2v) is 3.40. The van der Waals surface area contributed by atoms with Crippen LogP contribution in [0.5, 0.6) is 0 Å². The number of aryl methyl sites for hydroxylation is 1. The zero-order chi connectivity index (χ0) is 10.6. The monoisotopic (exact) mass is 250 g/mol. The first-order chi connectivity index (χ1) is 6.70. The molecule has 0 saturated heterocycles. The summed E-state index contributed by atoms with van der Waals surface area (Å²) in [6, 6.07) is 1.92. The van der Waals surface area contributed by atoms with Gasteiger partial charge in [0.2, 0.25) is 0 Å². The fourth-order valence-electron chi connectivity index (χ4n) is 1.31. The van der Waals surface area contributed by atoms with Crippen molar-refractivity contribution >= 4 is 12.2 Å². The van der Waals surface area contributed by atoms with Crippen molar-refractivity contribution in [3.8, 4) is 0 Å². The molecule has 6 heteroatoms. The molecule has 1 rings (SSSR count). The fraction of sp³-hybridized carbons (Fsp3) is 0.556. The summed E-state index contributed by atoms with van der Waals surface area (Å²) in [6.45, 7) is 3.06. The largest absolute Gasteiger partial charge is 1.00 e. The van der Waals surface area contributed by atoms with Gasteiger partial charge in [-0.3, -0.25) is 0 Å². The summed E-state index contributed by atoms with van der Waals surface area (Å²) in [5.74, 6) is 0. The van der Waals surface area contributed by atoms with E-state index in [0.29, 0.717) is 17.9 Å². The Kier molecular flexibility index (Phi) is 6.67. The minimum Gasteiger partial charge on any atom is -1.00 e. The van der Waals surface area contributed by atoms with Gasteiger partial charge in [0.15, 0.2) is 0 Å². The van der Waals surface area contributed by atoms with Crippen LogP contribution >= 0.6 is 12.2 Å². The molecular formula is C9H15ClN2O2S. The van der Waals surface area contributed by atoms with E-state index in [0.717, 1.165) is 5.69 Å². The molecule has 0 radical (unpaired) electrons. The van der Waals surface area contributed by atoms with Crippen molar-refractivity contribution in [2.75, 3.05) is 13.2 Å². The Morgan fingerprint density at radius 3 is 2.60 bits per heavy atom. The van der Waals surface area contributed by atoms with Gasteiger partial charge in [-0.1, -0.05) is 0 Å². The Balaban J connectivity index is 0.00000196. The van der Waals surface area contributed by atoms with Gasteiger partial charge in [0.05, 0.1) is 19.4 Å². The first kappa shape index (κ1) is 14.5. The molecule has 86 valence electrons. The minimum absolute atomic E-state index is 0. The Hall–Kier alpha value is -0.490. The smallest absolute Gasteiger partial charge is 0.351 e. The van der Waals surface area contributed by atoms with Crippen molar-refractivity contribution in [1.29, 1.82) is 0 Å². The molecule has 0 bridgehead atoms. The van der Waals surface area contributed by atoms with E-state index >= 15 is 0 Å². The third kappa shape index (κ3) is 3.53. The van der Waals surface area contributed by atoms with Crippen molar-refractivity contribution in [3.63, 3.8) is 0 Å². The summed E-state index contributed by atoms with van der Waals surface area (Å²) < 4.78 is 4.27. The summed E-state index contributed by atoms with van der Waals surface area (Å²) in [5.41, 5.74) is 1.01. The highest BCUT2D eigenvalue weighted by molar-refractivity contribution is 7.71. The van der Waals surface area contributed by atoms with Gasteiger partial charge in [0, 0.05) is 18.3 Å². The van der Waals surface area contributed by atoms with E-state index in [4.69, 9.17) is 22.4 Å². The molecule has 1 aromatic heterocycles. The second kappa shape index (κ2) is 6.90. The van der Waals surface area contributed by atoms with Crippen LogP contribution in [0.25, 0.3) is 0 Å². The molecule has 0 aromatic carbocycles. The molecule has 15 heavy (non-hydrogen) atoms. The van der Waals surface area contributed by atoms with E-state index in [2.05, 4.69) is 0 Å². The van der Waals surface area contributed by atoms with Crippen LogP contribution in [0.3, 0.4) is 0 Å². The molecule has 0 aliphatic heterocycles. The predicted octanol–water partition coefficient (Wildman–Crippen LogP) is -3.20. The maximum Gasteiger partial charge on any atom is 0.351 e. The fourth-order valence-corrected chi connectivity index (χ4v) is 1.69. The molecule has 1 heterocycles. The lowest BCUT2D eigenvalue weighted by Crippen LogP contribution is -3.00. The average Bonchev–Trinajstić information content (AvgIpc) is 2.17. The topological polar surface area (TPSA) is 49.3 Å². The molecule has 2 N–H and O–H groups in total. The number of halogens is 1. The van der Waals surface area contributed by atoms with E-state index in [1.807, 2.05) is 23.8 Å². The van der Waals surface area contributed by atoms with Crippen molar-refractivity contribution in [3.05, 3.63) is 22.7 Å². The predicted molar refractivity (Wildman–Crippen MR) is 54.4 cm³/mol. The normalized spacial score (nSPS) is 9.80. The van der Waals surface area contributed by atoms with Gasteiger partial charge in [-0.2, -0.15) is 0 Å². The molecular weight excluding hydrogens is 236 g/mol. The Morgan fingerprint density at radius 2 is 2.07 bits per heavy atom. The third-order valence-electron chi connectivity index (χ3n) is 2.06. The molecule has 0 fully saturated rings. The van der Waals surface area contributed by atoms with Gasteiger partial charge < -0.3 is 22.6 Å². The van der Waals surface area contributed by atoms with Crippen LogP contribution in [0.15, 0.2) is 12.3 Å². The SMILES string of the molecule is Cc1ccn(CCO)c(=S)[n+]1CCO.[Cl-]. The third-order valence-corrected chi connectivity index (χ3v) is 2.52. The summed E-state index contributed by atoms with van der Waals surface area (Å²) in [6.07, 6.45) is 1.85. The summed E-state index contributed by atoms with van der Waals surface area (Å²) >= 11 is 5.21. The zero-order valence-corrected chi connectivity index (χ0v) is 10.1. The van der Waals surface area contributed by atoms with E-state index in [1.54, 1.807) is 4.57 Å². The quantitative estimate of drug-likeness (QED) is 0.437. The first-order valence-corrected chi connectivity index (χ1v) is 4.93. The lowest BCUT2D eigenvalue weighted by atomic mass is 10.4. The highest BCUT2D eigenvalue weighted by atomic mass is 35.5. The van der Waals surface area contributed by atoms with Gasteiger partial charge in [-0.05, 0) is 6.92 Å². The zero-order valence-electron chi connectivity index (χ0n) is 8.56. The van der Waals surface area contributed by atoms with Crippen LogP contribution in [0.2, 0.25) is 0 Å². The molecule has 0 saturated carbocycles. The maximum atomic E-state index is 8.86. The van der Waals surface area contributed by atoms with Crippen LogP contribution in [0.1, 0.15) is 5.69 Å². The maximum absolute atomic E-state index is 8.86. The van der Waals surface area contributed by atoms with E-state index < -0.39 is 0 Å². The molecule has 0 unspecified atom stereocenters. The number of aromatic nitrogens is 2. The van der Waals surface area contributed by atoms with Gasteiger partial charge >= 0.3 is 4.77 Å².